The summed E-state index contributed by atoms with van der Waals surface area (Å²) in [6.07, 6.45) is 2.84. The molecule has 1 saturated heterocycles. The number of carbonyl (C=O) groups excluding carboxylic acids is 3. The third-order valence-electron chi connectivity index (χ3n) is 6.45. The number of halogens is 1. The van der Waals surface area contributed by atoms with Gasteiger partial charge < -0.3 is 20.4 Å². The largest absolute Gasteiger partial charge is 0.342 e. The number of aromatic nitrogens is 1. The maximum atomic E-state index is 13.4. The van der Waals surface area contributed by atoms with Crippen LogP contribution >= 0.6 is 0 Å². The Hall–Kier alpha value is -3.49. The fourth-order valence-corrected chi connectivity index (χ4v) is 4.72. The highest BCUT2D eigenvalue weighted by Crippen LogP contribution is 2.30. The van der Waals surface area contributed by atoms with Gasteiger partial charge in [0.2, 0.25) is 11.8 Å². The van der Waals surface area contributed by atoms with Crippen molar-refractivity contribution in [3.05, 3.63) is 59.2 Å². The lowest BCUT2D eigenvalue weighted by Gasteiger charge is -2.37. The monoisotopic (exact) mass is 467 g/mol. The summed E-state index contributed by atoms with van der Waals surface area (Å²) in [5, 5.41) is 5.62. The zero-order valence-corrected chi connectivity index (χ0v) is 19.7. The maximum Gasteiger partial charge on any atom is 0.322 e. The third kappa shape index (κ3) is 5.18. The summed E-state index contributed by atoms with van der Waals surface area (Å²) in [5.74, 6) is -0.364. The number of nitrogens with zero attached hydrogens (tertiary/aromatic N) is 3. The second kappa shape index (κ2) is 9.40. The highest BCUT2D eigenvalue weighted by molar-refractivity contribution is 5.90. The Morgan fingerprint density at radius 3 is 2.38 bits per heavy atom. The molecule has 0 spiro atoms. The van der Waals surface area contributed by atoms with Gasteiger partial charge in [-0.25, -0.2) is 9.18 Å². The topological polar surface area (TPSA) is 94.6 Å². The van der Waals surface area contributed by atoms with Gasteiger partial charge in [-0.15, -0.1) is 0 Å². The van der Waals surface area contributed by atoms with Crippen LogP contribution in [-0.4, -0.2) is 51.3 Å². The molecule has 4 rings (SSSR count). The van der Waals surface area contributed by atoms with Gasteiger partial charge in [-0.05, 0) is 61.9 Å². The van der Waals surface area contributed by atoms with E-state index in [4.69, 9.17) is 0 Å². The molecular weight excluding hydrogens is 437 g/mol. The Morgan fingerprint density at radius 2 is 1.74 bits per heavy atom. The van der Waals surface area contributed by atoms with E-state index in [0.29, 0.717) is 37.8 Å². The first-order valence-corrected chi connectivity index (χ1v) is 11.5. The number of hydrogen-bond acceptors (Lipinski definition) is 4. The van der Waals surface area contributed by atoms with E-state index in [0.717, 1.165) is 24.1 Å². The van der Waals surface area contributed by atoms with Crippen LogP contribution in [0.2, 0.25) is 0 Å². The van der Waals surface area contributed by atoms with E-state index in [-0.39, 0.29) is 17.8 Å². The van der Waals surface area contributed by atoms with E-state index in [2.05, 4.69) is 15.6 Å². The highest BCUT2D eigenvalue weighted by Gasteiger charge is 2.35. The highest BCUT2D eigenvalue weighted by atomic mass is 19.1. The van der Waals surface area contributed by atoms with Crippen molar-refractivity contribution in [3.8, 4) is 0 Å². The average molecular weight is 468 g/mol. The fraction of sp³-hybridized carbons (Fsp3) is 0.440. The van der Waals surface area contributed by atoms with Gasteiger partial charge in [0.1, 0.15) is 11.4 Å². The molecule has 0 aliphatic carbocycles. The molecule has 0 bridgehead atoms. The zero-order chi connectivity index (χ0) is 24.5. The van der Waals surface area contributed by atoms with E-state index < -0.39 is 11.4 Å². The molecule has 1 aromatic heterocycles. The molecule has 0 unspecified atom stereocenters. The molecule has 2 aliphatic heterocycles. The lowest BCUT2D eigenvalue weighted by Crippen LogP contribution is -2.56. The van der Waals surface area contributed by atoms with Crippen molar-refractivity contribution in [1.82, 2.24) is 20.1 Å². The van der Waals surface area contributed by atoms with E-state index in [1.165, 1.54) is 24.8 Å². The molecule has 2 aliphatic rings. The molecule has 8 nitrogen and oxygen atoms in total. The molecule has 2 N–H and O–H groups in total. The summed E-state index contributed by atoms with van der Waals surface area (Å²) >= 11 is 0. The molecule has 2 aromatic rings. The molecule has 1 aromatic carbocycles. The van der Waals surface area contributed by atoms with Crippen LogP contribution in [0.4, 0.5) is 14.9 Å². The summed E-state index contributed by atoms with van der Waals surface area (Å²) in [6.45, 7) is 6.83. The van der Waals surface area contributed by atoms with Gasteiger partial charge in [0.25, 0.3) is 0 Å². The second-order valence-electron chi connectivity index (χ2n) is 9.54. The van der Waals surface area contributed by atoms with Gasteiger partial charge in [0.05, 0.1) is 18.4 Å². The van der Waals surface area contributed by atoms with Gasteiger partial charge in [-0.3, -0.25) is 14.6 Å². The van der Waals surface area contributed by atoms with E-state index in [1.807, 2.05) is 29.2 Å². The number of hydrogen-bond donors (Lipinski definition) is 2. The number of urea groups is 1. The first-order valence-electron chi connectivity index (χ1n) is 11.5. The standard InChI is InChI=1S/C25H30FN5O3/c1-16(32)29-25(2,3)23(33)30-10-8-18(9-11-30)17-4-6-21(7-5-17)28-24(34)31-14-19-12-20(26)13-27-22(19)15-31/h4-7,12-13,18H,8-11,14-15H2,1-3H3,(H,28,34)(H,29,32). The predicted molar refractivity (Wildman–Crippen MR) is 125 cm³/mol. The normalized spacial score (nSPS) is 16.2. The van der Waals surface area contributed by atoms with Crippen LogP contribution in [0.3, 0.4) is 0 Å². The molecule has 3 heterocycles. The minimum absolute atomic E-state index is 0.0683. The number of pyridine rings is 1. The minimum Gasteiger partial charge on any atom is -0.342 e. The van der Waals surface area contributed by atoms with Crippen molar-refractivity contribution in [2.24, 2.45) is 0 Å². The maximum absolute atomic E-state index is 13.4. The molecule has 34 heavy (non-hydrogen) atoms. The number of anilines is 1. The number of nitrogens with one attached hydrogen (secondary N) is 2. The average Bonchev–Trinajstić information content (AvgIpc) is 3.22. The molecule has 1 fully saturated rings. The number of fused-ring (bicyclic) bond motifs is 1. The Morgan fingerprint density at radius 1 is 1.06 bits per heavy atom. The Kier molecular flexibility index (Phi) is 6.54. The van der Waals surface area contributed by atoms with Crippen molar-refractivity contribution in [3.63, 3.8) is 0 Å². The van der Waals surface area contributed by atoms with Crippen LogP contribution in [-0.2, 0) is 22.7 Å². The lowest BCUT2D eigenvalue weighted by molar-refractivity contribution is -0.141. The van der Waals surface area contributed by atoms with E-state index >= 15 is 0 Å². The lowest BCUT2D eigenvalue weighted by atomic mass is 9.88. The second-order valence-corrected chi connectivity index (χ2v) is 9.54. The van der Waals surface area contributed by atoms with Crippen LogP contribution in [0.25, 0.3) is 0 Å². The zero-order valence-electron chi connectivity index (χ0n) is 19.7. The van der Waals surface area contributed by atoms with Crippen molar-refractivity contribution in [2.75, 3.05) is 18.4 Å². The van der Waals surface area contributed by atoms with Crippen molar-refractivity contribution in [1.29, 1.82) is 0 Å². The van der Waals surface area contributed by atoms with Crippen molar-refractivity contribution in [2.45, 2.75) is 58.2 Å². The molecule has 0 atom stereocenters. The van der Waals surface area contributed by atoms with Gasteiger partial charge >= 0.3 is 6.03 Å². The van der Waals surface area contributed by atoms with Gasteiger partial charge in [0, 0.05) is 32.2 Å². The molecule has 180 valence electrons. The van der Waals surface area contributed by atoms with Gasteiger partial charge in [-0.1, -0.05) is 12.1 Å². The first kappa shape index (κ1) is 23.7. The summed E-state index contributed by atoms with van der Waals surface area (Å²) in [7, 11) is 0. The smallest absolute Gasteiger partial charge is 0.322 e. The van der Waals surface area contributed by atoms with Crippen LogP contribution < -0.4 is 10.6 Å². The molecule has 0 radical (unpaired) electrons. The summed E-state index contributed by atoms with van der Waals surface area (Å²) in [6, 6.07) is 8.95. The van der Waals surface area contributed by atoms with Crippen LogP contribution in [0.15, 0.2) is 36.5 Å². The Bertz CT molecular complexity index is 1090. The van der Waals surface area contributed by atoms with Gasteiger partial charge in [0.15, 0.2) is 0 Å². The molecule has 9 heteroatoms. The van der Waals surface area contributed by atoms with Gasteiger partial charge in [-0.2, -0.15) is 0 Å². The summed E-state index contributed by atoms with van der Waals surface area (Å²) in [4.78, 5) is 44.3. The number of piperidine rings is 1. The first-order chi connectivity index (χ1) is 16.1. The van der Waals surface area contributed by atoms with Crippen molar-refractivity contribution >= 4 is 23.5 Å². The third-order valence-corrected chi connectivity index (χ3v) is 6.45. The number of benzene rings is 1. The Labute approximate surface area is 198 Å². The SMILES string of the molecule is CC(=O)NC(C)(C)C(=O)N1CCC(c2ccc(NC(=O)N3Cc4cc(F)cnc4C3)cc2)CC1. The quantitative estimate of drug-likeness (QED) is 0.721. The van der Waals surface area contributed by atoms with Crippen LogP contribution in [0.5, 0.6) is 0 Å². The van der Waals surface area contributed by atoms with Crippen LogP contribution in [0.1, 0.15) is 56.4 Å². The number of rotatable bonds is 4. The van der Waals surface area contributed by atoms with E-state index in [9.17, 15) is 18.8 Å². The minimum atomic E-state index is -0.917. The molecular formula is C25H30FN5O3. The predicted octanol–water partition coefficient (Wildman–Crippen LogP) is 3.39. The number of amides is 4. The number of likely N-dealkylation sites (tertiary alicyclic amines) is 1. The summed E-state index contributed by atoms with van der Waals surface area (Å²) < 4.78 is 13.4. The van der Waals surface area contributed by atoms with Crippen LogP contribution in [0, 0.1) is 5.82 Å². The fourth-order valence-electron chi connectivity index (χ4n) is 4.72. The molecule has 4 amide bonds. The van der Waals surface area contributed by atoms with E-state index in [1.54, 1.807) is 18.7 Å². The number of carbonyl (C=O) groups is 3. The van der Waals surface area contributed by atoms with Crippen molar-refractivity contribution < 1.29 is 18.8 Å². The molecule has 0 saturated carbocycles. The summed E-state index contributed by atoms with van der Waals surface area (Å²) in [5.41, 5.74) is 2.39. The Balaban J connectivity index is 1.29.